The maximum Gasteiger partial charge on any atom is 0.263 e. The fraction of sp³-hybridized carbons (Fsp3) is 0.250. The van der Waals surface area contributed by atoms with Crippen LogP contribution in [0.15, 0.2) is 60.0 Å². The molecule has 1 aliphatic heterocycles. The number of ether oxygens (including phenoxy) is 1. The third kappa shape index (κ3) is 4.49. The highest BCUT2D eigenvalue weighted by atomic mass is 32.2. The summed E-state index contributed by atoms with van der Waals surface area (Å²) >= 11 is 0. The number of anilines is 1. The molecule has 142 valence electrons. The summed E-state index contributed by atoms with van der Waals surface area (Å²) in [6.07, 6.45) is 1.43. The molecule has 1 amide bonds. The van der Waals surface area contributed by atoms with E-state index < -0.39 is 16.1 Å². The molecule has 2 aromatic carbocycles. The SMILES string of the molecule is CCCNC(=O)[C@H]1CN(S(=O)(=O)/C=C/c2ccccc2)c2ccccc2O1. The maximum atomic E-state index is 13.0. The summed E-state index contributed by atoms with van der Waals surface area (Å²) in [5, 5.41) is 3.92. The van der Waals surface area contributed by atoms with Gasteiger partial charge in [0.05, 0.1) is 17.6 Å². The lowest BCUT2D eigenvalue weighted by molar-refractivity contribution is -0.127. The summed E-state index contributed by atoms with van der Waals surface area (Å²) < 4.78 is 32.9. The second kappa shape index (κ2) is 8.26. The maximum absolute atomic E-state index is 13.0. The Balaban J connectivity index is 1.90. The first-order valence-electron chi connectivity index (χ1n) is 8.80. The number of para-hydroxylation sites is 2. The second-order valence-corrected chi connectivity index (χ2v) is 7.90. The number of amides is 1. The van der Waals surface area contributed by atoms with Gasteiger partial charge in [0.15, 0.2) is 6.10 Å². The van der Waals surface area contributed by atoms with Crippen LogP contribution in [0.25, 0.3) is 6.08 Å². The smallest absolute Gasteiger partial charge is 0.263 e. The number of benzene rings is 2. The van der Waals surface area contributed by atoms with Crippen LogP contribution >= 0.6 is 0 Å². The molecular weight excluding hydrogens is 364 g/mol. The van der Waals surface area contributed by atoms with Gasteiger partial charge >= 0.3 is 0 Å². The predicted octanol–water partition coefficient (Wildman–Crippen LogP) is 2.78. The van der Waals surface area contributed by atoms with Gasteiger partial charge in [-0.15, -0.1) is 0 Å². The molecule has 0 unspecified atom stereocenters. The van der Waals surface area contributed by atoms with Crippen molar-refractivity contribution in [3.05, 3.63) is 65.6 Å². The van der Waals surface area contributed by atoms with Crippen molar-refractivity contribution in [2.75, 3.05) is 17.4 Å². The van der Waals surface area contributed by atoms with Crippen LogP contribution in [0.1, 0.15) is 18.9 Å². The Morgan fingerprint density at radius 3 is 2.63 bits per heavy atom. The van der Waals surface area contributed by atoms with Crippen LogP contribution in [0.4, 0.5) is 5.69 Å². The largest absolute Gasteiger partial charge is 0.476 e. The van der Waals surface area contributed by atoms with E-state index in [0.717, 1.165) is 17.4 Å². The summed E-state index contributed by atoms with van der Waals surface area (Å²) in [7, 11) is -3.79. The highest BCUT2D eigenvalue weighted by Crippen LogP contribution is 2.35. The number of sulfonamides is 1. The topological polar surface area (TPSA) is 75.7 Å². The minimum atomic E-state index is -3.79. The summed E-state index contributed by atoms with van der Waals surface area (Å²) in [6.45, 7) is 2.39. The zero-order chi connectivity index (χ0) is 19.3. The predicted molar refractivity (Wildman–Crippen MR) is 106 cm³/mol. The highest BCUT2D eigenvalue weighted by molar-refractivity contribution is 7.95. The lowest BCUT2D eigenvalue weighted by Crippen LogP contribution is -2.50. The van der Waals surface area contributed by atoms with Gasteiger partial charge in [0.25, 0.3) is 15.9 Å². The zero-order valence-electron chi connectivity index (χ0n) is 15.0. The second-order valence-electron chi connectivity index (χ2n) is 6.15. The fourth-order valence-electron chi connectivity index (χ4n) is 2.74. The van der Waals surface area contributed by atoms with Crippen molar-refractivity contribution in [2.24, 2.45) is 0 Å². The van der Waals surface area contributed by atoms with Gasteiger partial charge < -0.3 is 10.1 Å². The van der Waals surface area contributed by atoms with Crippen molar-refractivity contribution in [3.8, 4) is 5.75 Å². The quantitative estimate of drug-likeness (QED) is 0.828. The Morgan fingerprint density at radius 2 is 1.89 bits per heavy atom. The van der Waals surface area contributed by atoms with E-state index in [0.29, 0.717) is 18.0 Å². The first kappa shape index (κ1) is 19.0. The molecule has 6 nitrogen and oxygen atoms in total. The lowest BCUT2D eigenvalue weighted by atomic mass is 10.2. The van der Waals surface area contributed by atoms with E-state index in [2.05, 4.69) is 5.32 Å². The van der Waals surface area contributed by atoms with Gasteiger partial charge in [-0.3, -0.25) is 9.10 Å². The van der Waals surface area contributed by atoms with Crippen LogP contribution in [-0.2, 0) is 14.8 Å². The first-order valence-corrected chi connectivity index (χ1v) is 10.3. The highest BCUT2D eigenvalue weighted by Gasteiger charge is 2.35. The molecule has 1 atom stereocenters. The summed E-state index contributed by atoms with van der Waals surface area (Å²) in [4.78, 5) is 12.3. The third-order valence-electron chi connectivity index (χ3n) is 4.12. The van der Waals surface area contributed by atoms with Crippen LogP contribution in [0.2, 0.25) is 0 Å². The molecule has 0 aliphatic carbocycles. The minimum Gasteiger partial charge on any atom is -0.476 e. The number of nitrogens with zero attached hydrogens (tertiary/aromatic N) is 1. The number of hydrogen-bond donors (Lipinski definition) is 1. The Bertz CT molecular complexity index is 926. The van der Waals surface area contributed by atoms with Gasteiger partial charge in [0, 0.05) is 6.54 Å². The van der Waals surface area contributed by atoms with Gasteiger partial charge in [-0.1, -0.05) is 49.4 Å². The van der Waals surface area contributed by atoms with Crippen molar-refractivity contribution >= 4 is 27.7 Å². The molecule has 0 spiro atoms. The normalized spacial score (nSPS) is 16.6. The molecule has 2 aromatic rings. The summed E-state index contributed by atoms with van der Waals surface area (Å²) in [5.41, 5.74) is 1.20. The molecule has 1 aliphatic rings. The Kier molecular flexibility index (Phi) is 5.81. The van der Waals surface area contributed by atoms with Crippen molar-refractivity contribution in [1.29, 1.82) is 0 Å². The molecule has 1 N–H and O–H groups in total. The molecule has 27 heavy (non-hydrogen) atoms. The average molecular weight is 386 g/mol. The lowest BCUT2D eigenvalue weighted by Gasteiger charge is -2.34. The van der Waals surface area contributed by atoms with Crippen LogP contribution in [0.3, 0.4) is 0 Å². The fourth-order valence-corrected chi connectivity index (χ4v) is 3.99. The van der Waals surface area contributed by atoms with E-state index >= 15 is 0 Å². The number of fused-ring (bicyclic) bond motifs is 1. The molecule has 7 heteroatoms. The van der Waals surface area contributed by atoms with Crippen LogP contribution in [-0.4, -0.2) is 33.5 Å². The van der Waals surface area contributed by atoms with Gasteiger partial charge in [0.1, 0.15) is 5.75 Å². The molecule has 0 bridgehead atoms. The molecule has 0 fully saturated rings. The molecule has 3 rings (SSSR count). The monoisotopic (exact) mass is 386 g/mol. The van der Waals surface area contributed by atoms with Crippen molar-refractivity contribution in [3.63, 3.8) is 0 Å². The van der Waals surface area contributed by atoms with Gasteiger partial charge in [0.2, 0.25) is 0 Å². The minimum absolute atomic E-state index is 0.0754. The van der Waals surface area contributed by atoms with E-state index in [9.17, 15) is 13.2 Å². The van der Waals surface area contributed by atoms with E-state index in [1.54, 1.807) is 30.3 Å². The van der Waals surface area contributed by atoms with E-state index in [1.165, 1.54) is 4.31 Å². The Hall–Kier alpha value is -2.80. The van der Waals surface area contributed by atoms with Gasteiger partial charge in [-0.05, 0) is 30.2 Å². The standard InChI is InChI=1S/C20H22N2O4S/c1-2-13-21-20(23)19-15-22(17-10-6-7-11-18(17)26-19)27(24,25)14-12-16-8-4-3-5-9-16/h3-12,14,19H,2,13,15H2,1H3,(H,21,23)/b14-12+/t19-/m1/s1. The van der Waals surface area contributed by atoms with Crippen LogP contribution in [0.5, 0.6) is 5.75 Å². The van der Waals surface area contributed by atoms with Crippen molar-refractivity contribution in [2.45, 2.75) is 19.4 Å². The average Bonchev–Trinajstić information content (AvgIpc) is 2.70. The zero-order valence-corrected chi connectivity index (χ0v) is 15.9. The van der Waals surface area contributed by atoms with Crippen LogP contribution < -0.4 is 14.4 Å². The number of nitrogens with one attached hydrogen (secondary N) is 1. The first-order chi connectivity index (χ1) is 13.0. The Labute approximate surface area is 159 Å². The molecule has 0 saturated heterocycles. The molecule has 0 aromatic heterocycles. The molecular formula is C20H22N2O4S. The number of carbonyl (C=O) groups excluding carboxylic acids is 1. The third-order valence-corrected chi connectivity index (χ3v) is 5.56. The Morgan fingerprint density at radius 1 is 1.19 bits per heavy atom. The number of rotatable bonds is 6. The summed E-state index contributed by atoms with van der Waals surface area (Å²) in [5.74, 6) is 0.0516. The van der Waals surface area contributed by atoms with E-state index in [-0.39, 0.29) is 12.5 Å². The molecule has 1 heterocycles. The van der Waals surface area contributed by atoms with E-state index in [1.807, 2.05) is 37.3 Å². The molecule has 0 saturated carbocycles. The van der Waals surface area contributed by atoms with E-state index in [4.69, 9.17) is 4.74 Å². The van der Waals surface area contributed by atoms with Gasteiger partial charge in [-0.2, -0.15) is 0 Å². The molecule has 0 radical (unpaired) electrons. The van der Waals surface area contributed by atoms with Crippen molar-refractivity contribution in [1.82, 2.24) is 5.32 Å². The van der Waals surface area contributed by atoms with Gasteiger partial charge in [-0.25, -0.2) is 8.42 Å². The van der Waals surface area contributed by atoms with Crippen molar-refractivity contribution < 1.29 is 17.9 Å². The number of hydrogen-bond acceptors (Lipinski definition) is 4. The number of carbonyl (C=O) groups is 1. The summed E-state index contributed by atoms with van der Waals surface area (Å²) in [6, 6.07) is 16.0. The van der Waals surface area contributed by atoms with Crippen LogP contribution in [0, 0.1) is 0 Å².